The first-order chi connectivity index (χ1) is 14.1. The molecule has 2 aromatic carbocycles. The minimum atomic E-state index is -0.285. The quantitative estimate of drug-likeness (QED) is 0.545. The van der Waals surface area contributed by atoms with E-state index in [9.17, 15) is 4.79 Å². The van der Waals surface area contributed by atoms with E-state index in [1.807, 2.05) is 49.4 Å². The smallest absolute Gasteiger partial charge is 0.276 e. The maximum atomic E-state index is 12.4. The van der Waals surface area contributed by atoms with Gasteiger partial charge in [0.2, 0.25) is 0 Å². The number of ether oxygens (including phenoxy) is 1. The number of anilines is 1. The summed E-state index contributed by atoms with van der Waals surface area (Å²) in [7, 11) is 1.81. The lowest BCUT2D eigenvalue weighted by Crippen LogP contribution is -2.14. The van der Waals surface area contributed by atoms with Gasteiger partial charge in [-0.1, -0.05) is 42.5 Å². The zero-order valence-corrected chi connectivity index (χ0v) is 16.2. The maximum absolute atomic E-state index is 12.4. The van der Waals surface area contributed by atoms with Crippen LogP contribution < -0.4 is 10.1 Å². The van der Waals surface area contributed by atoms with Crippen LogP contribution in [0.4, 0.5) is 5.69 Å². The highest BCUT2D eigenvalue weighted by molar-refractivity contribution is 6.03. The molecule has 4 aromatic rings. The molecule has 0 bridgehead atoms. The van der Waals surface area contributed by atoms with Gasteiger partial charge < -0.3 is 10.1 Å². The lowest BCUT2D eigenvalue weighted by molar-refractivity contribution is 0.102. The molecule has 29 heavy (non-hydrogen) atoms. The summed E-state index contributed by atoms with van der Waals surface area (Å²) in [6.45, 7) is 2.05. The Labute approximate surface area is 168 Å². The number of nitrogens with one attached hydrogen (secondary N) is 1. The zero-order chi connectivity index (χ0) is 20.2. The monoisotopic (exact) mass is 387 g/mol. The van der Waals surface area contributed by atoms with Crippen molar-refractivity contribution in [2.75, 3.05) is 5.32 Å². The maximum Gasteiger partial charge on any atom is 0.276 e. The molecule has 2 heterocycles. The number of benzene rings is 2. The molecule has 0 radical (unpaired) electrons. The van der Waals surface area contributed by atoms with Crippen molar-refractivity contribution in [1.29, 1.82) is 0 Å². The molecule has 0 aliphatic heterocycles. The summed E-state index contributed by atoms with van der Waals surface area (Å²) >= 11 is 0. The summed E-state index contributed by atoms with van der Waals surface area (Å²) < 4.78 is 9.00. The summed E-state index contributed by atoms with van der Waals surface area (Å²) in [6.07, 6.45) is 3.47. The van der Waals surface area contributed by atoms with E-state index in [0.29, 0.717) is 11.4 Å². The molecule has 7 nitrogen and oxygen atoms in total. The van der Waals surface area contributed by atoms with Crippen LogP contribution in [0.15, 0.2) is 73.1 Å². The van der Waals surface area contributed by atoms with Gasteiger partial charge in [-0.05, 0) is 36.2 Å². The normalized spacial score (nSPS) is 10.7. The number of amides is 1. The molecule has 1 N–H and O–H groups in total. The Morgan fingerprint density at radius 2 is 1.72 bits per heavy atom. The van der Waals surface area contributed by atoms with E-state index >= 15 is 0 Å². The number of carbonyl (C=O) groups excluding carboxylic acids is 1. The second-order valence-corrected chi connectivity index (χ2v) is 6.66. The second-order valence-electron chi connectivity index (χ2n) is 6.66. The number of hydrogen-bond donors (Lipinski definition) is 1. The first-order valence-corrected chi connectivity index (χ1v) is 9.22. The molecule has 4 rings (SSSR count). The summed E-state index contributed by atoms with van der Waals surface area (Å²) in [5.41, 5.74) is 4.02. The van der Waals surface area contributed by atoms with Crippen molar-refractivity contribution < 1.29 is 9.53 Å². The predicted octanol–water partition coefficient (Wildman–Crippen LogP) is 3.88. The number of rotatable bonds is 6. The first-order valence-electron chi connectivity index (χ1n) is 9.22. The van der Waals surface area contributed by atoms with Crippen molar-refractivity contribution >= 4 is 11.6 Å². The van der Waals surface area contributed by atoms with E-state index in [0.717, 1.165) is 22.6 Å². The Kier molecular flexibility index (Phi) is 5.11. The van der Waals surface area contributed by atoms with Crippen molar-refractivity contribution in [2.45, 2.75) is 13.7 Å². The van der Waals surface area contributed by atoms with E-state index in [1.165, 1.54) is 0 Å². The van der Waals surface area contributed by atoms with E-state index in [1.54, 1.807) is 34.9 Å². The van der Waals surface area contributed by atoms with Gasteiger partial charge in [0.15, 0.2) is 12.4 Å². The predicted molar refractivity (Wildman–Crippen MR) is 111 cm³/mol. The van der Waals surface area contributed by atoms with Gasteiger partial charge in [-0.2, -0.15) is 10.2 Å². The molecule has 0 atom stereocenters. The minimum absolute atomic E-state index is 0.212. The van der Waals surface area contributed by atoms with Crippen LogP contribution in [-0.2, 0) is 13.8 Å². The Hall–Kier alpha value is -3.87. The highest BCUT2D eigenvalue weighted by Gasteiger charge is 2.13. The Bertz CT molecular complexity index is 1110. The molecule has 7 heteroatoms. The lowest BCUT2D eigenvalue weighted by atomic mass is 10.1. The van der Waals surface area contributed by atoms with Gasteiger partial charge in [0, 0.05) is 19.4 Å². The van der Waals surface area contributed by atoms with Gasteiger partial charge in [0.1, 0.15) is 5.75 Å². The average molecular weight is 387 g/mol. The van der Waals surface area contributed by atoms with Crippen molar-refractivity contribution in [3.63, 3.8) is 0 Å². The summed E-state index contributed by atoms with van der Waals surface area (Å²) in [6, 6.07) is 19.7. The zero-order valence-electron chi connectivity index (χ0n) is 16.2. The van der Waals surface area contributed by atoms with Crippen molar-refractivity contribution in [3.05, 3.63) is 84.4 Å². The van der Waals surface area contributed by atoms with Crippen LogP contribution in [0, 0.1) is 6.92 Å². The van der Waals surface area contributed by atoms with Crippen LogP contribution >= 0.6 is 0 Å². The molecular formula is C22H21N5O2. The molecule has 0 saturated heterocycles. The van der Waals surface area contributed by atoms with Gasteiger partial charge in [-0.25, -0.2) is 4.68 Å². The van der Waals surface area contributed by atoms with Crippen LogP contribution in [0.25, 0.3) is 11.1 Å². The third-order valence-corrected chi connectivity index (χ3v) is 4.46. The molecule has 2 aromatic heterocycles. The standard InChI is InChI=1S/C22H21N5O2/c1-16-21(14-26(2)24-16)23-22(28)20-12-13-27(25-20)15-29-19-10-8-18(9-11-19)17-6-4-3-5-7-17/h3-14H,15H2,1-2H3,(H,23,28). The highest BCUT2D eigenvalue weighted by Crippen LogP contribution is 2.22. The SMILES string of the molecule is Cc1nn(C)cc1NC(=O)c1ccn(COc2ccc(-c3ccccc3)cc2)n1. The summed E-state index contributed by atoms with van der Waals surface area (Å²) in [4.78, 5) is 12.4. The first kappa shape index (κ1) is 18.5. The van der Waals surface area contributed by atoms with Gasteiger partial charge in [0.25, 0.3) is 5.91 Å². The van der Waals surface area contributed by atoms with Crippen molar-refractivity contribution in [3.8, 4) is 16.9 Å². The number of nitrogens with zero attached hydrogens (tertiary/aromatic N) is 4. The van der Waals surface area contributed by atoms with E-state index in [2.05, 4.69) is 27.6 Å². The fourth-order valence-electron chi connectivity index (χ4n) is 2.98. The molecule has 0 aliphatic carbocycles. The van der Waals surface area contributed by atoms with Crippen molar-refractivity contribution in [2.24, 2.45) is 7.05 Å². The Balaban J connectivity index is 1.35. The van der Waals surface area contributed by atoms with E-state index < -0.39 is 0 Å². The summed E-state index contributed by atoms with van der Waals surface area (Å²) in [5.74, 6) is 0.448. The average Bonchev–Trinajstić information content (AvgIpc) is 3.33. The number of carbonyl (C=O) groups is 1. The van der Waals surface area contributed by atoms with Crippen LogP contribution in [-0.4, -0.2) is 25.5 Å². The molecule has 0 fully saturated rings. The number of hydrogen-bond acceptors (Lipinski definition) is 4. The summed E-state index contributed by atoms with van der Waals surface area (Å²) in [5, 5.41) is 11.3. The largest absolute Gasteiger partial charge is 0.471 e. The highest BCUT2D eigenvalue weighted by atomic mass is 16.5. The Morgan fingerprint density at radius 3 is 2.41 bits per heavy atom. The fraction of sp³-hybridized carbons (Fsp3) is 0.136. The van der Waals surface area contributed by atoms with Gasteiger partial charge in [0.05, 0.1) is 11.4 Å². The minimum Gasteiger partial charge on any atom is -0.471 e. The number of aryl methyl sites for hydroxylation is 2. The van der Waals surface area contributed by atoms with E-state index in [-0.39, 0.29) is 12.6 Å². The van der Waals surface area contributed by atoms with Gasteiger partial charge >= 0.3 is 0 Å². The van der Waals surface area contributed by atoms with Gasteiger partial charge in [-0.3, -0.25) is 9.48 Å². The third-order valence-electron chi connectivity index (χ3n) is 4.46. The topological polar surface area (TPSA) is 74.0 Å². The fourth-order valence-corrected chi connectivity index (χ4v) is 2.98. The molecule has 0 unspecified atom stereocenters. The van der Waals surface area contributed by atoms with Gasteiger partial charge in [-0.15, -0.1) is 0 Å². The molecule has 1 amide bonds. The van der Waals surface area contributed by atoms with E-state index in [4.69, 9.17) is 4.74 Å². The van der Waals surface area contributed by atoms with Crippen LogP contribution in [0.3, 0.4) is 0 Å². The molecular weight excluding hydrogens is 366 g/mol. The molecule has 0 spiro atoms. The van der Waals surface area contributed by atoms with Crippen LogP contribution in [0.1, 0.15) is 16.2 Å². The second kappa shape index (κ2) is 8.02. The van der Waals surface area contributed by atoms with Crippen LogP contribution in [0.2, 0.25) is 0 Å². The third kappa shape index (κ3) is 4.35. The molecule has 146 valence electrons. The molecule has 0 aliphatic rings. The number of aromatic nitrogens is 4. The van der Waals surface area contributed by atoms with Crippen molar-refractivity contribution in [1.82, 2.24) is 19.6 Å². The van der Waals surface area contributed by atoms with Crippen LogP contribution in [0.5, 0.6) is 5.75 Å². The lowest BCUT2D eigenvalue weighted by Gasteiger charge is -2.07. The Morgan fingerprint density at radius 1 is 1.00 bits per heavy atom. The molecule has 0 saturated carbocycles.